The number of nitrogens with zero attached hydrogens (tertiary/aromatic N) is 2. The minimum absolute atomic E-state index is 0.0957. The van der Waals surface area contributed by atoms with E-state index in [1.54, 1.807) is 38.2 Å². The van der Waals surface area contributed by atoms with Gasteiger partial charge in [0, 0.05) is 6.20 Å². The average Bonchev–Trinajstić information content (AvgIpc) is 2.40. The van der Waals surface area contributed by atoms with Gasteiger partial charge in [-0.05, 0) is 26.0 Å². The molecule has 19 heavy (non-hydrogen) atoms. The summed E-state index contributed by atoms with van der Waals surface area (Å²) in [6.45, 7) is 3.88. The molecule has 7 heteroatoms. The molecule has 0 saturated heterocycles. The summed E-state index contributed by atoms with van der Waals surface area (Å²) in [5, 5.41) is 1.02. The lowest BCUT2D eigenvalue weighted by Crippen LogP contribution is -2.46. The molecule has 2 amide bonds. The van der Waals surface area contributed by atoms with E-state index in [2.05, 4.69) is 10.4 Å². The number of ether oxygens (including phenoxy) is 2. The highest BCUT2D eigenvalue weighted by atomic mass is 16.6. The molecule has 0 aliphatic rings. The first-order valence-electron chi connectivity index (χ1n) is 5.95. The fraction of sp³-hybridized carbons (Fsp3) is 0.417. The van der Waals surface area contributed by atoms with Gasteiger partial charge in [0.05, 0.1) is 25.5 Å². The summed E-state index contributed by atoms with van der Waals surface area (Å²) in [6, 6.07) is 5.28. The first kappa shape index (κ1) is 14.7. The number of amides is 2. The van der Waals surface area contributed by atoms with Crippen LogP contribution >= 0.6 is 0 Å². The van der Waals surface area contributed by atoms with E-state index in [0.29, 0.717) is 5.69 Å². The number of rotatable bonds is 4. The van der Waals surface area contributed by atoms with Crippen molar-refractivity contribution < 1.29 is 19.1 Å². The molecule has 7 nitrogen and oxygen atoms in total. The SMILES string of the molecule is CCOC(=O)NN(Cc1ccccn1)C(=O)OCC. The van der Waals surface area contributed by atoms with Crippen LogP contribution in [-0.4, -0.2) is 35.4 Å². The maximum Gasteiger partial charge on any atom is 0.429 e. The average molecular weight is 267 g/mol. The van der Waals surface area contributed by atoms with Crippen LogP contribution in [0.15, 0.2) is 24.4 Å². The Kier molecular flexibility index (Phi) is 6.14. The molecule has 0 atom stereocenters. The highest BCUT2D eigenvalue weighted by molar-refractivity contribution is 5.73. The van der Waals surface area contributed by atoms with Crippen LogP contribution in [0.5, 0.6) is 0 Å². The summed E-state index contributed by atoms with van der Waals surface area (Å²) in [6.07, 6.45) is 0.218. The predicted molar refractivity (Wildman–Crippen MR) is 67.0 cm³/mol. The molecule has 1 aromatic rings. The molecule has 0 bridgehead atoms. The molecule has 1 rings (SSSR count). The van der Waals surface area contributed by atoms with Gasteiger partial charge in [0.15, 0.2) is 0 Å². The van der Waals surface area contributed by atoms with Crippen LogP contribution in [0.3, 0.4) is 0 Å². The third-order valence-corrected chi connectivity index (χ3v) is 2.04. The minimum Gasteiger partial charge on any atom is -0.449 e. The molecule has 1 N–H and O–H groups in total. The monoisotopic (exact) mass is 267 g/mol. The summed E-state index contributed by atoms with van der Waals surface area (Å²) in [5.41, 5.74) is 2.93. The molecular formula is C12H17N3O4. The van der Waals surface area contributed by atoms with E-state index in [4.69, 9.17) is 9.47 Å². The normalized spacial score (nSPS) is 9.58. The largest absolute Gasteiger partial charge is 0.449 e. The Balaban J connectivity index is 2.69. The van der Waals surface area contributed by atoms with Gasteiger partial charge >= 0.3 is 12.2 Å². The minimum atomic E-state index is -0.716. The van der Waals surface area contributed by atoms with Crippen molar-refractivity contribution in [1.82, 2.24) is 15.4 Å². The summed E-state index contributed by atoms with van der Waals surface area (Å²) in [5.74, 6) is 0. The smallest absolute Gasteiger partial charge is 0.429 e. The van der Waals surface area contributed by atoms with Crippen LogP contribution in [0.2, 0.25) is 0 Å². The Morgan fingerprint density at radius 2 is 2.00 bits per heavy atom. The lowest BCUT2D eigenvalue weighted by atomic mass is 10.3. The van der Waals surface area contributed by atoms with Crippen LogP contribution in [0.1, 0.15) is 19.5 Å². The summed E-state index contributed by atoms with van der Waals surface area (Å²) < 4.78 is 9.56. The van der Waals surface area contributed by atoms with Gasteiger partial charge in [0.2, 0.25) is 0 Å². The van der Waals surface area contributed by atoms with E-state index in [1.807, 2.05) is 0 Å². The second-order valence-electron chi connectivity index (χ2n) is 3.44. The van der Waals surface area contributed by atoms with E-state index >= 15 is 0 Å². The van der Waals surface area contributed by atoms with Gasteiger partial charge in [0.1, 0.15) is 0 Å². The second-order valence-corrected chi connectivity index (χ2v) is 3.44. The zero-order chi connectivity index (χ0) is 14.1. The molecule has 104 valence electrons. The number of hydrazine groups is 1. The molecule has 1 aromatic heterocycles. The number of hydrogen-bond acceptors (Lipinski definition) is 5. The van der Waals surface area contributed by atoms with Crippen LogP contribution in [0.4, 0.5) is 9.59 Å². The van der Waals surface area contributed by atoms with E-state index in [0.717, 1.165) is 5.01 Å². The van der Waals surface area contributed by atoms with E-state index in [9.17, 15) is 9.59 Å². The van der Waals surface area contributed by atoms with Crippen molar-refractivity contribution >= 4 is 12.2 Å². The number of pyridine rings is 1. The zero-order valence-corrected chi connectivity index (χ0v) is 11.0. The number of carbonyl (C=O) groups is 2. The Morgan fingerprint density at radius 1 is 1.26 bits per heavy atom. The quantitative estimate of drug-likeness (QED) is 0.840. The fourth-order valence-corrected chi connectivity index (χ4v) is 1.28. The van der Waals surface area contributed by atoms with Crippen molar-refractivity contribution in [3.63, 3.8) is 0 Å². The molecule has 0 radical (unpaired) electrons. The molecule has 0 aliphatic heterocycles. The molecule has 0 aliphatic carbocycles. The summed E-state index contributed by atoms with van der Waals surface area (Å²) in [7, 11) is 0. The molecule has 1 heterocycles. The van der Waals surface area contributed by atoms with Crippen LogP contribution in [-0.2, 0) is 16.0 Å². The Hall–Kier alpha value is -2.31. The number of aromatic nitrogens is 1. The topological polar surface area (TPSA) is 80.8 Å². The van der Waals surface area contributed by atoms with Crippen LogP contribution in [0, 0.1) is 0 Å². The van der Waals surface area contributed by atoms with Crippen molar-refractivity contribution in [3.8, 4) is 0 Å². The van der Waals surface area contributed by atoms with Gasteiger partial charge in [-0.15, -0.1) is 0 Å². The molecule has 0 unspecified atom stereocenters. The maximum atomic E-state index is 11.7. The van der Waals surface area contributed by atoms with Gasteiger partial charge in [-0.25, -0.2) is 20.0 Å². The first-order chi connectivity index (χ1) is 9.17. The van der Waals surface area contributed by atoms with Crippen molar-refractivity contribution in [1.29, 1.82) is 0 Å². The highest BCUT2D eigenvalue weighted by Gasteiger charge is 2.18. The summed E-state index contributed by atoms with van der Waals surface area (Å²) >= 11 is 0. The fourth-order valence-electron chi connectivity index (χ4n) is 1.28. The van der Waals surface area contributed by atoms with Gasteiger partial charge in [-0.1, -0.05) is 6.07 Å². The third kappa shape index (κ3) is 5.24. The van der Waals surface area contributed by atoms with Crippen molar-refractivity contribution in [3.05, 3.63) is 30.1 Å². The van der Waals surface area contributed by atoms with Gasteiger partial charge in [-0.2, -0.15) is 0 Å². The third-order valence-electron chi connectivity index (χ3n) is 2.04. The van der Waals surface area contributed by atoms with E-state index < -0.39 is 12.2 Å². The van der Waals surface area contributed by atoms with E-state index in [-0.39, 0.29) is 19.8 Å². The van der Waals surface area contributed by atoms with Crippen molar-refractivity contribution in [2.75, 3.05) is 13.2 Å². The van der Waals surface area contributed by atoms with E-state index in [1.165, 1.54) is 0 Å². The molecule has 0 fully saturated rings. The van der Waals surface area contributed by atoms with Gasteiger partial charge in [-0.3, -0.25) is 4.98 Å². The second kappa shape index (κ2) is 7.91. The standard InChI is InChI=1S/C12H17N3O4/c1-3-18-11(16)14-15(12(17)19-4-2)9-10-7-5-6-8-13-10/h5-8H,3-4,9H2,1-2H3,(H,14,16). The molecule has 0 saturated carbocycles. The molecule has 0 spiro atoms. The first-order valence-corrected chi connectivity index (χ1v) is 5.95. The van der Waals surface area contributed by atoms with Crippen molar-refractivity contribution in [2.45, 2.75) is 20.4 Å². The lowest BCUT2D eigenvalue weighted by Gasteiger charge is -2.21. The Morgan fingerprint density at radius 3 is 2.58 bits per heavy atom. The van der Waals surface area contributed by atoms with Gasteiger partial charge in [0.25, 0.3) is 0 Å². The summed E-state index contributed by atoms with van der Waals surface area (Å²) in [4.78, 5) is 27.1. The highest BCUT2D eigenvalue weighted by Crippen LogP contribution is 2.01. The van der Waals surface area contributed by atoms with Gasteiger partial charge < -0.3 is 9.47 Å². The van der Waals surface area contributed by atoms with Crippen LogP contribution in [0.25, 0.3) is 0 Å². The van der Waals surface area contributed by atoms with Crippen molar-refractivity contribution in [2.24, 2.45) is 0 Å². The Labute approximate surface area is 111 Å². The lowest BCUT2D eigenvalue weighted by molar-refractivity contribution is 0.0706. The number of nitrogens with one attached hydrogen (secondary N) is 1. The zero-order valence-electron chi connectivity index (χ0n) is 11.0. The number of hydrogen-bond donors (Lipinski definition) is 1. The molecular weight excluding hydrogens is 250 g/mol. The molecule has 0 aromatic carbocycles. The predicted octanol–water partition coefficient (Wildman–Crippen LogP) is 1.70. The number of carbonyl (C=O) groups excluding carboxylic acids is 2. The van der Waals surface area contributed by atoms with Crippen LogP contribution < -0.4 is 5.43 Å². The maximum absolute atomic E-state index is 11.7. The Bertz CT molecular complexity index is 411.